The molecule has 6 amide bonds. The summed E-state index contributed by atoms with van der Waals surface area (Å²) in [7, 11) is 0. The Morgan fingerprint density at radius 3 is 1.48 bits per heavy atom. The second-order valence-electron chi connectivity index (χ2n) is 11.4. The molecular formula is C29H43N7O14. The third-order valence-corrected chi connectivity index (χ3v) is 6.99. The molecule has 0 aromatic heterocycles. The lowest BCUT2D eigenvalue weighted by molar-refractivity contribution is -0.148. The first-order valence-electron chi connectivity index (χ1n) is 15.0. The van der Waals surface area contributed by atoms with Crippen LogP contribution in [0.1, 0.15) is 39.2 Å². The van der Waals surface area contributed by atoms with Crippen molar-refractivity contribution in [3.05, 3.63) is 29.8 Å². The van der Waals surface area contributed by atoms with E-state index in [1.54, 1.807) is 0 Å². The number of carboxylic acids is 2. The van der Waals surface area contributed by atoms with Crippen molar-refractivity contribution in [1.29, 1.82) is 0 Å². The van der Waals surface area contributed by atoms with E-state index < -0.39 is 115 Å². The minimum Gasteiger partial charge on any atom is -0.508 e. The first-order valence-corrected chi connectivity index (χ1v) is 15.0. The number of benzene rings is 1. The van der Waals surface area contributed by atoms with E-state index in [1.807, 2.05) is 5.32 Å². The molecule has 0 unspecified atom stereocenters. The Kier molecular flexibility index (Phi) is 16.7. The maximum Gasteiger partial charge on any atom is 0.326 e. The van der Waals surface area contributed by atoms with E-state index in [-0.39, 0.29) is 12.2 Å². The fourth-order valence-electron chi connectivity index (χ4n) is 4.19. The van der Waals surface area contributed by atoms with Crippen molar-refractivity contribution in [1.82, 2.24) is 26.6 Å². The molecule has 0 aliphatic heterocycles. The topological polar surface area (TPSA) is 370 Å². The van der Waals surface area contributed by atoms with Crippen LogP contribution in [0.15, 0.2) is 24.3 Å². The Labute approximate surface area is 284 Å². The summed E-state index contributed by atoms with van der Waals surface area (Å²) in [4.78, 5) is 99.6. The normalized spacial score (nSPS) is 16.4. The van der Waals surface area contributed by atoms with Crippen molar-refractivity contribution in [2.45, 2.75) is 94.6 Å². The monoisotopic (exact) mass is 713 g/mol. The summed E-state index contributed by atoms with van der Waals surface area (Å²) in [5.74, 6) is -10.5. The summed E-state index contributed by atoms with van der Waals surface area (Å²) >= 11 is 0. The summed E-state index contributed by atoms with van der Waals surface area (Å²) in [6, 6.07) is -5.38. The Balaban J connectivity index is 3.39. The number of aliphatic hydroxyl groups is 3. The number of carbonyl (C=O) groups excluding carboxylic acids is 6. The van der Waals surface area contributed by atoms with E-state index in [4.69, 9.17) is 16.6 Å². The van der Waals surface area contributed by atoms with Gasteiger partial charge in [-0.05, 0) is 38.5 Å². The number of nitrogens with two attached hydrogens (primary N) is 2. The van der Waals surface area contributed by atoms with Crippen molar-refractivity contribution in [3.8, 4) is 5.75 Å². The molecule has 278 valence electrons. The molecule has 0 spiro atoms. The molecule has 0 saturated heterocycles. The van der Waals surface area contributed by atoms with Crippen LogP contribution in [-0.4, -0.2) is 133 Å². The number of hydrogen-bond donors (Lipinski definition) is 13. The van der Waals surface area contributed by atoms with Gasteiger partial charge < -0.3 is 68.7 Å². The smallest absolute Gasteiger partial charge is 0.326 e. The number of phenols is 1. The number of carboxylic acid groups (broad SMARTS) is 2. The highest BCUT2D eigenvalue weighted by molar-refractivity contribution is 5.98. The zero-order valence-electron chi connectivity index (χ0n) is 27.2. The van der Waals surface area contributed by atoms with Gasteiger partial charge in [0, 0.05) is 6.42 Å². The van der Waals surface area contributed by atoms with Gasteiger partial charge in [0.1, 0.15) is 42.0 Å². The number of primary amides is 1. The Bertz CT molecular complexity index is 1400. The predicted octanol–water partition coefficient (Wildman–Crippen LogP) is -5.74. The summed E-state index contributed by atoms with van der Waals surface area (Å²) in [5.41, 5.74) is 11.1. The summed E-state index contributed by atoms with van der Waals surface area (Å²) in [5, 5.41) is 68.4. The van der Waals surface area contributed by atoms with E-state index >= 15 is 0 Å². The zero-order chi connectivity index (χ0) is 38.5. The SMILES string of the molecule is C[C@@H](O)[C@H](N)C(=O)N[C@H](C(=O)N[C@@H](CC(N)=O)C(=O)N[C@@H](Cc1ccc(O)cc1)C(=O)N[C@H](C(=O)N[C@@H](CC(=O)O)C(=O)O)[C@@H](C)O)[C@@H](C)O. The van der Waals surface area contributed by atoms with Gasteiger partial charge in [-0.2, -0.15) is 0 Å². The molecule has 0 saturated carbocycles. The molecule has 0 heterocycles. The minimum absolute atomic E-state index is 0.155. The standard InChI is InChI=1S/C29H43N7O14/c1-11(37)21(31)26(46)36-23(13(3)39)27(47)33-17(9-19(30)41)24(44)32-16(8-14-4-6-15(40)7-5-14)25(45)35-22(12(2)38)28(48)34-18(29(49)50)10-20(42)43/h4-7,11-13,16-18,21-23,37-40H,8-10,31H2,1-3H3,(H2,30,41)(H,32,44)(H,33,47)(H,34,48)(H,35,45)(H,36,46)(H,42,43)(H,49,50)/t11-,12-,13-,16+,17+,18+,21+,22+,23+/m1/s1. The molecule has 1 aromatic carbocycles. The van der Waals surface area contributed by atoms with Crippen LogP contribution in [0.4, 0.5) is 0 Å². The van der Waals surface area contributed by atoms with Crippen LogP contribution in [0.2, 0.25) is 0 Å². The largest absolute Gasteiger partial charge is 0.508 e. The minimum atomic E-state index is -1.94. The van der Waals surface area contributed by atoms with Crippen LogP contribution < -0.4 is 38.1 Å². The maximum atomic E-state index is 13.5. The van der Waals surface area contributed by atoms with E-state index in [9.17, 15) is 63.9 Å². The predicted molar refractivity (Wildman–Crippen MR) is 168 cm³/mol. The van der Waals surface area contributed by atoms with Crippen LogP contribution in [0.25, 0.3) is 0 Å². The molecular weight excluding hydrogens is 670 g/mol. The van der Waals surface area contributed by atoms with Crippen molar-refractivity contribution >= 4 is 47.4 Å². The summed E-state index contributed by atoms with van der Waals surface area (Å²) in [6.45, 7) is 3.35. The molecule has 50 heavy (non-hydrogen) atoms. The highest BCUT2D eigenvalue weighted by Crippen LogP contribution is 2.12. The fourth-order valence-corrected chi connectivity index (χ4v) is 4.19. The molecule has 1 aromatic rings. The van der Waals surface area contributed by atoms with Gasteiger partial charge in [0.05, 0.1) is 31.2 Å². The Morgan fingerprint density at radius 1 is 0.620 bits per heavy atom. The van der Waals surface area contributed by atoms with Crippen LogP contribution in [0.5, 0.6) is 5.75 Å². The molecule has 0 aliphatic rings. The van der Waals surface area contributed by atoms with E-state index in [1.165, 1.54) is 31.2 Å². The first kappa shape index (κ1) is 42.6. The quantitative estimate of drug-likeness (QED) is 0.0599. The second kappa shape index (κ2) is 19.6. The number of phenolic OH excluding ortho intramolecular Hbond substituents is 1. The lowest BCUT2D eigenvalue weighted by atomic mass is 10.0. The van der Waals surface area contributed by atoms with E-state index in [2.05, 4.69) is 21.3 Å². The van der Waals surface area contributed by atoms with Gasteiger partial charge in [-0.25, -0.2) is 4.79 Å². The number of aliphatic hydroxyl groups excluding tert-OH is 3. The highest BCUT2D eigenvalue weighted by Gasteiger charge is 2.36. The van der Waals surface area contributed by atoms with Crippen molar-refractivity contribution in [2.75, 3.05) is 0 Å². The van der Waals surface area contributed by atoms with Crippen LogP contribution >= 0.6 is 0 Å². The maximum absolute atomic E-state index is 13.5. The lowest BCUT2D eigenvalue weighted by Gasteiger charge is -2.28. The number of amides is 6. The number of nitrogens with one attached hydrogen (secondary N) is 5. The third-order valence-electron chi connectivity index (χ3n) is 6.99. The van der Waals surface area contributed by atoms with E-state index in [0.29, 0.717) is 5.56 Å². The second-order valence-corrected chi connectivity index (χ2v) is 11.4. The molecule has 21 nitrogen and oxygen atoms in total. The summed E-state index contributed by atoms with van der Waals surface area (Å²) in [6.07, 6.45) is -6.91. The van der Waals surface area contributed by atoms with Crippen molar-refractivity contribution in [2.24, 2.45) is 11.5 Å². The highest BCUT2D eigenvalue weighted by atomic mass is 16.4. The molecule has 9 atom stereocenters. The summed E-state index contributed by atoms with van der Waals surface area (Å²) < 4.78 is 0. The Hall–Kier alpha value is -5.38. The first-order chi connectivity index (χ1) is 23.1. The van der Waals surface area contributed by atoms with Gasteiger partial charge in [0.25, 0.3) is 0 Å². The van der Waals surface area contributed by atoms with Crippen molar-refractivity contribution < 1.29 is 69.0 Å². The van der Waals surface area contributed by atoms with Crippen molar-refractivity contribution in [3.63, 3.8) is 0 Å². The molecule has 0 aliphatic carbocycles. The number of rotatable bonds is 20. The molecule has 15 N–H and O–H groups in total. The van der Waals surface area contributed by atoms with E-state index in [0.717, 1.165) is 13.8 Å². The molecule has 0 bridgehead atoms. The van der Waals surface area contributed by atoms with Gasteiger partial charge >= 0.3 is 11.9 Å². The Morgan fingerprint density at radius 2 is 1.06 bits per heavy atom. The molecule has 0 radical (unpaired) electrons. The third kappa shape index (κ3) is 14.0. The van der Waals surface area contributed by atoms with Crippen LogP contribution in [0, 0.1) is 0 Å². The molecule has 0 fully saturated rings. The lowest BCUT2D eigenvalue weighted by Crippen LogP contribution is -2.62. The number of aliphatic carboxylic acids is 2. The average Bonchev–Trinajstić information content (AvgIpc) is 3.00. The molecule has 21 heteroatoms. The van der Waals surface area contributed by atoms with Gasteiger partial charge in [0.15, 0.2) is 0 Å². The molecule has 1 rings (SSSR count). The van der Waals surface area contributed by atoms with Gasteiger partial charge in [0.2, 0.25) is 35.4 Å². The van der Waals surface area contributed by atoms with Gasteiger partial charge in [-0.3, -0.25) is 33.6 Å². The van der Waals surface area contributed by atoms with Gasteiger partial charge in [-0.1, -0.05) is 12.1 Å². The number of hydrogen-bond acceptors (Lipinski definition) is 13. The van der Waals surface area contributed by atoms with Gasteiger partial charge in [-0.15, -0.1) is 0 Å². The average molecular weight is 714 g/mol. The number of carbonyl (C=O) groups is 8. The van der Waals surface area contributed by atoms with Crippen LogP contribution in [-0.2, 0) is 44.8 Å². The zero-order valence-corrected chi connectivity index (χ0v) is 27.2. The van der Waals surface area contributed by atoms with Crippen LogP contribution in [0.3, 0.4) is 0 Å². The fraction of sp³-hybridized carbons (Fsp3) is 0.517. The number of aromatic hydroxyl groups is 1.